The quantitative estimate of drug-likeness (QED) is 0.432. The number of benzene rings is 2. The lowest BCUT2D eigenvalue weighted by molar-refractivity contribution is 0.414. The van der Waals surface area contributed by atoms with Crippen LogP contribution in [0.5, 0.6) is 5.75 Å². The minimum Gasteiger partial charge on any atom is -0.497 e. The molecule has 0 bridgehead atoms. The fourth-order valence-electron chi connectivity index (χ4n) is 3.22. The highest BCUT2D eigenvalue weighted by Crippen LogP contribution is 2.35. The number of nitrogens with one attached hydrogen (secondary N) is 2. The predicted octanol–water partition coefficient (Wildman–Crippen LogP) is 3.10. The first-order chi connectivity index (χ1) is 15.0. The zero-order chi connectivity index (χ0) is 21.8. The molecule has 0 saturated carbocycles. The third-order valence-electron chi connectivity index (χ3n) is 4.75. The van der Waals surface area contributed by atoms with Gasteiger partial charge in [-0.3, -0.25) is 14.3 Å². The third-order valence-corrected chi connectivity index (χ3v) is 5.85. The Bertz CT molecular complexity index is 1250. The lowest BCUT2D eigenvalue weighted by atomic mass is 10.2. The van der Waals surface area contributed by atoms with Crippen molar-refractivity contribution in [3.63, 3.8) is 0 Å². The van der Waals surface area contributed by atoms with Crippen LogP contribution in [0.2, 0.25) is 0 Å². The maximum absolute atomic E-state index is 11.7. The van der Waals surface area contributed by atoms with Crippen LogP contribution in [0.3, 0.4) is 0 Å². The number of hydrogen-bond donors (Lipinski definition) is 2. The van der Waals surface area contributed by atoms with Gasteiger partial charge in [-0.15, -0.1) is 10.2 Å². The van der Waals surface area contributed by atoms with Crippen LogP contribution in [0.25, 0.3) is 5.69 Å². The molecule has 0 saturated heterocycles. The van der Waals surface area contributed by atoms with Crippen LogP contribution in [-0.4, -0.2) is 31.8 Å². The second kappa shape index (κ2) is 9.05. The van der Waals surface area contributed by atoms with Gasteiger partial charge >= 0.3 is 5.69 Å². The van der Waals surface area contributed by atoms with Gasteiger partial charge in [-0.1, -0.05) is 42.1 Å². The summed E-state index contributed by atoms with van der Waals surface area (Å²) in [6.07, 6.45) is 0.248. The molecule has 9 heteroatoms. The van der Waals surface area contributed by atoms with Gasteiger partial charge in [0.1, 0.15) is 11.6 Å². The minimum absolute atomic E-state index is 0.148. The van der Waals surface area contributed by atoms with E-state index < -0.39 is 11.2 Å². The van der Waals surface area contributed by atoms with Crippen molar-refractivity contribution < 1.29 is 4.74 Å². The van der Waals surface area contributed by atoms with Crippen LogP contribution < -0.4 is 16.0 Å². The highest BCUT2D eigenvalue weighted by atomic mass is 32.2. The Balaban J connectivity index is 1.74. The lowest BCUT2D eigenvalue weighted by Crippen LogP contribution is -2.23. The zero-order valence-electron chi connectivity index (χ0n) is 17.0. The van der Waals surface area contributed by atoms with Crippen LogP contribution in [0.1, 0.15) is 29.3 Å². The zero-order valence-corrected chi connectivity index (χ0v) is 17.8. The van der Waals surface area contributed by atoms with Crippen LogP contribution in [-0.2, 0) is 6.42 Å². The van der Waals surface area contributed by atoms with E-state index in [0.717, 1.165) is 11.4 Å². The smallest absolute Gasteiger partial charge is 0.325 e. The van der Waals surface area contributed by atoms with Gasteiger partial charge in [0.2, 0.25) is 0 Å². The van der Waals surface area contributed by atoms with Gasteiger partial charge in [-0.05, 0) is 36.8 Å². The Kier molecular flexibility index (Phi) is 6.03. The summed E-state index contributed by atoms with van der Waals surface area (Å²) in [5.41, 5.74) is 1.49. The average Bonchev–Trinajstić information content (AvgIpc) is 3.15. The molecular weight excluding hydrogens is 414 g/mol. The first-order valence-electron chi connectivity index (χ1n) is 9.66. The Morgan fingerprint density at radius 2 is 1.77 bits per heavy atom. The van der Waals surface area contributed by atoms with E-state index in [4.69, 9.17) is 4.74 Å². The Hall–Kier alpha value is -3.59. The summed E-state index contributed by atoms with van der Waals surface area (Å²) in [5, 5.41) is 9.63. The molecule has 4 aromatic rings. The molecule has 1 atom stereocenters. The normalized spacial score (nSPS) is 11.9. The summed E-state index contributed by atoms with van der Waals surface area (Å²) in [6.45, 7) is 2.11. The molecule has 0 aliphatic rings. The number of aromatic nitrogens is 5. The number of thioether (sulfide) groups is 1. The molecule has 0 amide bonds. The molecule has 2 aromatic heterocycles. The molecule has 1 unspecified atom stereocenters. The Morgan fingerprint density at radius 1 is 1.03 bits per heavy atom. The second-order valence-corrected chi connectivity index (χ2v) is 8.20. The SMILES string of the molecule is COc1ccc(-n2c(Cc3cc(=O)[nH]c(=O)[nH]3)nnc2SC(C)c2ccccc2)cc1. The first kappa shape index (κ1) is 20.7. The van der Waals surface area contributed by atoms with Crippen LogP contribution in [0.15, 0.2) is 75.4 Å². The monoisotopic (exact) mass is 435 g/mol. The van der Waals surface area contributed by atoms with Gasteiger partial charge in [0.15, 0.2) is 5.16 Å². The number of H-pyrrole nitrogens is 2. The Labute approximate surface area is 182 Å². The molecule has 158 valence electrons. The van der Waals surface area contributed by atoms with Gasteiger partial charge < -0.3 is 9.72 Å². The first-order valence-corrected chi connectivity index (χ1v) is 10.5. The fourth-order valence-corrected chi connectivity index (χ4v) is 4.23. The van der Waals surface area contributed by atoms with Gasteiger partial charge in [-0.2, -0.15) is 0 Å². The Morgan fingerprint density at radius 3 is 2.45 bits per heavy atom. The summed E-state index contributed by atoms with van der Waals surface area (Å²) < 4.78 is 7.20. The van der Waals surface area contributed by atoms with Gasteiger partial charge in [0, 0.05) is 29.1 Å². The standard InChI is InChI=1S/C22H21N5O3S/c1-14(15-6-4-3-5-7-15)31-22-26-25-19(12-16-13-20(28)24-21(29)23-16)27(22)17-8-10-18(30-2)11-9-17/h3-11,13-14H,12H2,1-2H3,(H2,23,24,28,29). The van der Waals surface area contributed by atoms with E-state index in [1.54, 1.807) is 18.9 Å². The van der Waals surface area contributed by atoms with Crippen molar-refractivity contribution in [2.75, 3.05) is 7.11 Å². The molecule has 4 rings (SSSR count). The highest BCUT2D eigenvalue weighted by Gasteiger charge is 2.19. The average molecular weight is 436 g/mol. The third kappa shape index (κ3) is 4.77. The van der Waals surface area contributed by atoms with Gasteiger partial charge in [0.25, 0.3) is 5.56 Å². The molecule has 0 fully saturated rings. The van der Waals surface area contributed by atoms with E-state index in [1.807, 2.05) is 47.0 Å². The summed E-state index contributed by atoms with van der Waals surface area (Å²) in [6, 6.07) is 19.1. The number of rotatable bonds is 7. The maximum Gasteiger partial charge on any atom is 0.325 e. The topological polar surface area (TPSA) is 106 Å². The fraction of sp³-hybridized carbons (Fsp3) is 0.182. The van der Waals surface area contributed by atoms with Crippen molar-refractivity contribution in [1.82, 2.24) is 24.7 Å². The van der Waals surface area contributed by atoms with Crippen molar-refractivity contribution in [2.24, 2.45) is 0 Å². The molecule has 31 heavy (non-hydrogen) atoms. The number of aromatic amines is 2. The summed E-state index contributed by atoms with van der Waals surface area (Å²) in [5.74, 6) is 1.35. The van der Waals surface area contributed by atoms with Crippen LogP contribution in [0.4, 0.5) is 0 Å². The summed E-state index contributed by atoms with van der Waals surface area (Å²) in [4.78, 5) is 28.2. The van der Waals surface area contributed by atoms with E-state index in [0.29, 0.717) is 16.7 Å². The molecule has 8 nitrogen and oxygen atoms in total. The molecule has 0 aliphatic heterocycles. The molecule has 2 N–H and O–H groups in total. The summed E-state index contributed by atoms with van der Waals surface area (Å²) >= 11 is 1.58. The maximum atomic E-state index is 11.7. The van der Waals surface area contributed by atoms with E-state index in [1.165, 1.54) is 11.6 Å². The number of hydrogen-bond acceptors (Lipinski definition) is 6. The van der Waals surface area contributed by atoms with Crippen molar-refractivity contribution >= 4 is 11.8 Å². The number of ether oxygens (including phenoxy) is 1. The van der Waals surface area contributed by atoms with E-state index in [9.17, 15) is 9.59 Å². The lowest BCUT2D eigenvalue weighted by Gasteiger charge is -2.14. The van der Waals surface area contributed by atoms with Crippen LogP contribution >= 0.6 is 11.8 Å². The molecule has 0 aliphatic carbocycles. The van der Waals surface area contributed by atoms with Crippen LogP contribution in [0, 0.1) is 0 Å². The molecule has 2 heterocycles. The van der Waals surface area contributed by atoms with E-state index in [-0.39, 0.29) is 11.7 Å². The molecule has 0 spiro atoms. The van der Waals surface area contributed by atoms with E-state index >= 15 is 0 Å². The predicted molar refractivity (Wildman–Crippen MR) is 119 cm³/mol. The van der Waals surface area contributed by atoms with E-state index in [2.05, 4.69) is 39.2 Å². The second-order valence-electron chi connectivity index (χ2n) is 6.89. The molecule has 0 radical (unpaired) electrons. The minimum atomic E-state index is -0.551. The molecular formula is C22H21N5O3S. The van der Waals surface area contributed by atoms with Crippen molar-refractivity contribution in [1.29, 1.82) is 0 Å². The van der Waals surface area contributed by atoms with Gasteiger partial charge in [0.05, 0.1) is 7.11 Å². The van der Waals surface area contributed by atoms with Gasteiger partial charge in [-0.25, -0.2) is 4.79 Å². The number of methoxy groups -OCH3 is 1. The summed E-state index contributed by atoms with van der Waals surface area (Å²) in [7, 11) is 1.62. The number of nitrogens with zero attached hydrogens (tertiary/aromatic N) is 3. The van der Waals surface area contributed by atoms with Crippen molar-refractivity contribution in [2.45, 2.75) is 23.8 Å². The molecule has 2 aromatic carbocycles. The largest absolute Gasteiger partial charge is 0.497 e. The highest BCUT2D eigenvalue weighted by molar-refractivity contribution is 7.99. The van der Waals surface area contributed by atoms with Crippen molar-refractivity contribution in [3.05, 3.63) is 98.6 Å². The van der Waals surface area contributed by atoms with Crippen molar-refractivity contribution in [3.8, 4) is 11.4 Å².